The average molecular weight is 278 g/mol. The van der Waals surface area contributed by atoms with E-state index in [-0.39, 0.29) is 17.6 Å². The first-order valence-corrected chi connectivity index (χ1v) is 9.54. The van der Waals surface area contributed by atoms with Gasteiger partial charge in [-0.15, -0.1) is 0 Å². The van der Waals surface area contributed by atoms with Gasteiger partial charge in [0.1, 0.15) is 0 Å². The number of hydrogen-bond donors (Lipinski definition) is 3. The van der Waals surface area contributed by atoms with Crippen LogP contribution in [-0.4, -0.2) is 49.1 Å². The maximum absolute atomic E-state index is 9.88. The summed E-state index contributed by atoms with van der Waals surface area (Å²) in [6.07, 6.45) is -1.02. The van der Waals surface area contributed by atoms with E-state index >= 15 is 0 Å². The van der Waals surface area contributed by atoms with Gasteiger partial charge in [0.15, 0.2) is 8.32 Å². The first kappa shape index (κ1) is 18.1. The van der Waals surface area contributed by atoms with Crippen LogP contribution >= 0.6 is 0 Å². The number of hydrogen-bond acceptors (Lipinski definition) is 4. The molecule has 18 heavy (non-hydrogen) atoms. The van der Waals surface area contributed by atoms with Crippen LogP contribution in [0.2, 0.25) is 18.1 Å². The Kier molecular flexibility index (Phi) is 7.03. The van der Waals surface area contributed by atoms with Crippen LogP contribution in [0.15, 0.2) is 0 Å². The van der Waals surface area contributed by atoms with Gasteiger partial charge in [-0.2, -0.15) is 0 Å². The van der Waals surface area contributed by atoms with Crippen molar-refractivity contribution in [1.29, 1.82) is 0 Å². The normalized spacial score (nSPS) is 18.5. The number of aliphatic hydroxyl groups is 3. The van der Waals surface area contributed by atoms with Crippen LogP contribution in [0.25, 0.3) is 0 Å². The van der Waals surface area contributed by atoms with Gasteiger partial charge in [0, 0.05) is 12.5 Å². The predicted octanol–water partition coefficient (Wildman–Crippen LogP) is 1.75. The SMILES string of the molecule is C[C@@H]([C@H](O)CO)[C@@H](O)CCO[Si](C)(C)C(C)(C)C. The topological polar surface area (TPSA) is 69.9 Å². The van der Waals surface area contributed by atoms with Crippen molar-refractivity contribution < 1.29 is 19.7 Å². The molecule has 0 bridgehead atoms. The molecule has 0 amide bonds. The third kappa shape index (κ3) is 5.36. The highest BCUT2D eigenvalue weighted by Crippen LogP contribution is 2.36. The Hall–Kier alpha value is 0.0569. The van der Waals surface area contributed by atoms with Gasteiger partial charge in [-0.05, 0) is 24.6 Å². The molecule has 0 aromatic rings. The quantitative estimate of drug-likeness (QED) is 0.621. The fourth-order valence-corrected chi connectivity index (χ4v) is 2.40. The number of rotatable bonds is 7. The fourth-order valence-electron chi connectivity index (χ4n) is 1.34. The highest BCUT2D eigenvalue weighted by molar-refractivity contribution is 6.74. The highest BCUT2D eigenvalue weighted by Gasteiger charge is 2.37. The molecule has 0 saturated heterocycles. The standard InChI is InChI=1S/C13H30O4Si/c1-10(12(16)9-14)11(15)7-8-17-18(5,6)13(2,3)4/h10-12,14-16H,7-9H2,1-6H3/t10-,11+,12-/m1/s1. The van der Waals surface area contributed by atoms with Crippen molar-refractivity contribution in [3.63, 3.8) is 0 Å². The van der Waals surface area contributed by atoms with E-state index in [0.717, 1.165) is 0 Å². The van der Waals surface area contributed by atoms with Crippen molar-refractivity contribution in [2.45, 2.75) is 64.5 Å². The monoisotopic (exact) mass is 278 g/mol. The molecule has 0 unspecified atom stereocenters. The first-order chi connectivity index (χ1) is 8.03. The van der Waals surface area contributed by atoms with E-state index in [9.17, 15) is 10.2 Å². The molecule has 0 fully saturated rings. The van der Waals surface area contributed by atoms with Gasteiger partial charge >= 0.3 is 0 Å². The molecule has 3 atom stereocenters. The second-order valence-electron chi connectivity index (χ2n) is 6.57. The molecule has 0 aliphatic carbocycles. The van der Waals surface area contributed by atoms with E-state index in [1.807, 2.05) is 0 Å². The molecule has 0 aromatic heterocycles. The maximum atomic E-state index is 9.88. The van der Waals surface area contributed by atoms with Crippen molar-refractivity contribution in [2.24, 2.45) is 5.92 Å². The van der Waals surface area contributed by atoms with Crippen molar-refractivity contribution in [1.82, 2.24) is 0 Å². The van der Waals surface area contributed by atoms with Crippen molar-refractivity contribution in [3.8, 4) is 0 Å². The smallest absolute Gasteiger partial charge is 0.191 e. The maximum Gasteiger partial charge on any atom is 0.191 e. The number of aliphatic hydroxyl groups excluding tert-OH is 3. The third-order valence-electron chi connectivity index (χ3n) is 4.08. The molecular weight excluding hydrogens is 248 g/mol. The first-order valence-electron chi connectivity index (χ1n) is 6.64. The summed E-state index contributed by atoms with van der Waals surface area (Å²) < 4.78 is 5.96. The van der Waals surface area contributed by atoms with Gasteiger partial charge in [-0.25, -0.2) is 0 Å². The summed E-state index contributed by atoms with van der Waals surface area (Å²) in [6, 6.07) is 0. The Morgan fingerprint density at radius 3 is 2.00 bits per heavy atom. The van der Waals surface area contributed by atoms with E-state index in [1.165, 1.54) is 0 Å². The highest BCUT2D eigenvalue weighted by atomic mass is 28.4. The lowest BCUT2D eigenvalue weighted by Gasteiger charge is -2.36. The lowest BCUT2D eigenvalue weighted by Crippen LogP contribution is -2.42. The molecule has 0 radical (unpaired) electrons. The molecule has 4 nitrogen and oxygen atoms in total. The minimum Gasteiger partial charge on any atom is -0.417 e. The van der Waals surface area contributed by atoms with Crippen LogP contribution in [0.3, 0.4) is 0 Å². The lowest BCUT2D eigenvalue weighted by molar-refractivity contribution is -0.0152. The Labute approximate surface area is 112 Å². The second kappa shape index (κ2) is 7.00. The van der Waals surface area contributed by atoms with Gasteiger partial charge in [0.25, 0.3) is 0 Å². The van der Waals surface area contributed by atoms with Gasteiger partial charge < -0.3 is 19.7 Å². The largest absolute Gasteiger partial charge is 0.417 e. The van der Waals surface area contributed by atoms with E-state index in [4.69, 9.17) is 9.53 Å². The van der Waals surface area contributed by atoms with Crippen LogP contribution in [0.5, 0.6) is 0 Å². The van der Waals surface area contributed by atoms with Crippen LogP contribution < -0.4 is 0 Å². The zero-order valence-electron chi connectivity index (χ0n) is 12.6. The zero-order valence-corrected chi connectivity index (χ0v) is 13.6. The summed E-state index contributed by atoms with van der Waals surface area (Å²) in [6.45, 7) is 12.8. The van der Waals surface area contributed by atoms with Crippen LogP contribution in [0.4, 0.5) is 0 Å². The van der Waals surface area contributed by atoms with Crippen LogP contribution in [0.1, 0.15) is 34.1 Å². The molecule has 0 aliphatic rings. The molecule has 110 valence electrons. The van der Waals surface area contributed by atoms with E-state index in [2.05, 4.69) is 33.9 Å². The Morgan fingerprint density at radius 1 is 1.11 bits per heavy atom. The van der Waals surface area contributed by atoms with Crippen LogP contribution in [-0.2, 0) is 4.43 Å². The molecular formula is C13H30O4Si. The van der Waals surface area contributed by atoms with Crippen molar-refractivity contribution >= 4 is 8.32 Å². The van der Waals surface area contributed by atoms with Gasteiger partial charge in [-0.1, -0.05) is 27.7 Å². The zero-order chi connectivity index (χ0) is 14.6. The summed E-state index contributed by atoms with van der Waals surface area (Å²) in [5.41, 5.74) is 0. The summed E-state index contributed by atoms with van der Waals surface area (Å²) in [7, 11) is -1.76. The Balaban J connectivity index is 4.13. The molecule has 0 spiro atoms. The second-order valence-corrected chi connectivity index (χ2v) is 11.4. The fraction of sp³-hybridized carbons (Fsp3) is 1.00. The Bertz CT molecular complexity index is 238. The lowest BCUT2D eigenvalue weighted by atomic mass is 9.96. The molecule has 0 aliphatic heterocycles. The van der Waals surface area contributed by atoms with Crippen LogP contribution in [0, 0.1) is 5.92 Å². The molecule has 3 N–H and O–H groups in total. The molecule has 5 heteroatoms. The minimum atomic E-state index is -1.76. The van der Waals surface area contributed by atoms with Gasteiger partial charge in [-0.3, -0.25) is 0 Å². The average Bonchev–Trinajstić information content (AvgIpc) is 2.24. The van der Waals surface area contributed by atoms with Crippen molar-refractivity contribution in [2.75, 3.05) is 13.2 Å². The van der Waals surface area contributed by atoms with Gasteiger partial charge in [0.2, 0.25) is 0 Å². The third-order valence-corrected chi connectivity index (χ3v) is 8.62. The van der Waals surface area contributed by atoms with E-state index in [0.29, 0.717) is 13.0 Å². The predicted molar refractivity (Wildman–Crippen MR) is 76.0 cm³/mol. The van der Waals surface area contributed by atoms with Gasteiger partial charge in [0.05, 0.1) is 18.8 Å². The molecule has 0 aromatic carbocycles. The van der Waals surface area contributed by atoms with Crippen molar-refractivity contribution in [3.05, 3.63) is 0 Å². The molecule has 0 rings (SSSR count). The summed E-state index contributed by atoms with van der Waals surface area (Å²) >= 11 is 0. The Morgan fingerprint density at radius 2 is 1.61 bits per heavy atom. The summed E-state index contributed by atoms with van der Waals surface area (Å²) in [5.74, 6) is -0.335. The molecule has 0 heterocycles. The minimum absolute atomic E-state index is 0.161. The van der Waals surface area contributed by atoms with E-state index in [1.54, 1.807) is 6.92 Å². The molecule has 0 saturated carbocycles. The van der Waals surface area contributed by atoms with E-state index < -0.39 is 20.5 Å². The summed E-state index contributed by atoms with van der Waals surface area (Å²) in [4.78, 5) is 0. The summed E-state index contributed by atoms with van der Waals surface area (Å²) in [5, 5.41) is 28.3.